The molecule has 2 aromatic rings. The summed E-state index contributed by atoms with van der Waals surface area (Å²) in [5.74, 6) is 2.10. The predicted molar refractivity (Wildman–Crippen MR) is 85.7 cm³/mol. The van der Waals surface area contributed by atoms with Crippen LogP contribution in [-0.4, -0.2) is 39.3 Å². The van der Waals surface area contributed by atoms with Gasteiger partial charge >= 0.3 is 0 Å². The van der Waals surface area contributed by atoms with Gasteiger partial charge in [0.05, 0.1) is 5.52 Å². The zero-order chi connectivity index (χ0) is 14.5. The molecule has 6 heteroatoms. The normalized spacial score (nSPS) is 13.9. The van der Waals surface area contributed by atoms with Crippen molar-refractivity contribution < 1.29 is 4.21 Å². The molecule has 0 saturated carbocycles. The lowest BCUT2D eigenvalue weighted by Crippen LogP contribution is -2.19. The lowest BCUT2D eigenvalue weighted by atomic mass is 10.2. The van der Waals surface area contributed by atoms with Crippen molar-refractivity contribution in [2.75, 3.05) is 29.7 Å². The van der Waals surface area contributed by atoms with Crippen LogP contribution in [0.1, 0.15) is 13.3 Å². The Hall–Kier alpha value is -1.69. The maximum absolute atomic E-state index is 11.2. The summed E-state index contributed by atoms with van der Waals surface area (Å²) >= 11 is 0. The van der Waals surface area contributed by atoms with Crippen molar-refractivity contribution in [3.05, 3.63) is 24.3 Å². The molecule has 5 nitrogen and oxygen atoms in total. The molecule has 20 heavy (non-hydrogen) atoms. The Bertz CT molecular complexity index is 617. The second kappa shape index (κ2) is 6.65. The topological polar surface area (TPSA) is 66.9 Å². The number of nitrogens with zero attached hydrogens (tertiary/aromatic N) is 2. The van der Waals surface area contributed by atoms with Gasteiger partial charge in [0.25, 0.3) is 0 Å². The first-order valence-electron chi connectivity index (χ1n) is 6.61. The maximum atomic E-state index is 11.2. The molecule has 0 amide bonds. The van der Waals surface area contributed by atoms with Crippen molar-refractivity contribution >= 4 is 33.5 Å². The zero-order valence-electron chi connectivity index (χ0n) is 12.0. The molecule has 0 radical (unpaired) electrons. The van der Waals surface area contributed by atoms with Crippen LogP contribution in [0.15, 0.2) is 24.3 Å². The molecule has 0 saturated heterocycles. The minimum atomic E-state index is -0.762. The van der Waals surface area contributed by atoms with Gasteiger partial charge in [-0.25, -0.2) is 4.98 Å². The Kier molecular flexibility index (Phi) is 4.89. The molecular weight excluding hydrogens is 272 g/mol. The largest absolute Gasteiger partial charge is 0.367 e. The van der Waals surface area contributed by atoms with Crippen LogP contribution in [-0.2, 0) is 10.8 Å². The second-order valence-electron chi connectivity index (χ2n) is 4.77. The fourth-order valence-corrected chi connectivity index (χ4v) is 2.63. The van der Waals surface area contributed by atoms with E-state index in [0.717, 1.165) is 23.1 Å². The molecule has 0 fully saturated rings. The summed E-state index contributed by atoms with van der Waals surface area (Å²) in [7, 11) is 1.04. The van der Waals surface area contributed by atoms with Crippen LogP contribution >= 0.6 is 0 Å². The number of hydrogen-bond donors (Lipinski definition) is 2. The Morgan fingerprint density at radius 1 is 1.30 bits per heavy atom. The van der Waals surface area contributed by atoms with Gasteiger partial charge in [-0.15, -0.1) is 0 Å². The van der Waals surface area contributed by atoms with Gasteiger partial charge in [-0.3, -0.25) is 4.21 Å². The lowest BCUT2D eigenvalue weighted by molar-refractivity contribution is 0.678. The summed E-state index contributed by atoms with van der Waals surface area (Å²) in [6.07, 6.45) is 2.57. The number of fused-ring (bicyclic) bond motifs is 1. The van der Waals surface area contributed by atoms with E-state index in [1.807, 2.05) is 24.3 Å². The van der Waals surface area contributed by atoms with Crippen molar-refractivity contribution in [3.63, 3.8) is 0 Å². The predicted octanol–water partition coefficient (Wildman–Crippen LogP) is 2.24. The van der Waals surface area contributed by atoms with Gasteiger partial charge in [-0.05, 0) is 25.5 Å². The van der Waals surface area contributed by atoms with Crippen molar-refractivity contribution in [2.45, 2.75) is 19.4 Å². The van der Waals surface area contributed by atoms with Crippen molar-refractivity contribution in [1.82, 2.24) is 9.97 Å². The molecule has 0 bridgehead atoms. The number of aromatic nitrogens is 2. The van der Waals surface area contributed by atoms with Crippen molar-refractivity contribution in [2.24, 2.45) is 0 Å². The van der Waals surface area contributed by atoms with Crippen LogP contribution in [0.25, 0.3) is 10.9 Å². The minimum absolute atomic E-state index is 0.210. The fourth-order valence-electron chi connectivity index (χ4n) is 1.95. The second-order valence-corrected chi connectivity index (χ2v) is 6.33. The Morgan fingerprint density at radius 2 is 2.05 bits per heavy atom. The van der Waals surface area contributed by atoms with Gasteiger partial charge in [-0.1, -0.05) is 12.1 Å². The summed E-state index contributed by atoms with van der Waals surface area (Å²) in [4.78, 5) is 8.90. The number of benzene rings is 1. The number of hydrogen-bond acceptors (Lipinski definition) is 5. The van der Waals surface area contributed by atoms with Gasteiger partial charge in [-0.2, -0.15) is 4.98 Å². The molecule has 108 valence electrons. The summed E-state index contributed by atoms with van der Waals surface area (Å²) in [5.41, 5.74) is 0.903. The lowest BCUT2D eigenvalue weighted by Gasteiger charge is -2.16. The van der Waals surface area contributed by atoms with Gasteiger partial charge in [0.15, 0.2) is 0 Å². The van der Waals surface area contributed by atoms with Crippen LogP contribution in [0.3, 0.4) is 0 Å². The van der Waals surface area contributed by atoms with E-state index in [1.54, 1.807) is 13.3 Å². The van der Waals surface area contributed by atoms with Crippen LogP contribution < -0.4 is 10.6 Å². The standard InChI is InChI=1S/C14H20N4OS/c1-10(8-9-20(3)19)16-13-11-6-4-5-7-12(11)17-14(15-2)18-13/h4-7,10H,8-9H2,1-3H3,(H2,15,16,17,18). The highest BCUT2D eigenvalue weighted by Crippen LogP contribution is 2.22. The highest BCUT2D eigenvalue weighted by Gasteiger charge is 2.10. The average Bonchev–Trinajstić information content (AvgIpc) is 2.45. The van der Waals surface area contributed by atoms with Crippen LogP contribution in [0, 0.1) is 0 Å². The van der Waals surface area contributed by atoms with E-state index in [4.69, 9.17) is 0 Å². The molecular formula is C14H20N4OS. The van der Waals surface area contributed by atoms with Gasteiger partial charge < -0.3 is 10.6 Å². The average molecular weight is 292 g/mol. The van der Waals surface area contributed by atoms with Gasteiger partial charge in [0.1, 0.15) is 5.82 Å². The van der Waals surface area contributed by atoms with E-state index in [0.29, 0.717) is 11.7 Å². The Morgan fingerprint density at radius 3 is 2.75 bits per heavy atom. The number of para-hydroxylation sites is 1. The quantitative estimate of drug-likeness (QED) is 0.854. The molecule has 2 atom stereocenters. The van der Waals surface area contributed by atoms with E-state index in [1.165, 1.54) is 0 Å². The van der Waals surface area contributed by atoms with Crippen LogP contribution in [0.4, 0.5) is 11.8 Å². The van der Waals surface area contributed by atoms with E-state index in [-0.39, 0.29) is 6.04 Å². The van der Waals surface area contributed by atoms with Crippen molar-refractivity contribution in [1.29, 1.82) is 0 Å². The first-order valence-corrected chi connectivity index (χ1v) is 8.34. The maximum Gasteiger partial charge on any atom is 0.224 e. The fraction of sp³-hybridized carbons (Fsp3) is 0.429. The minimum Gasteiger partial charge on any atom is -0.367 e. The Labute approximate surface area is 121 Å². The third-order valence-electron chi connectivity index (χ3n) is 3.05. The number of anilines is 2. The molecule has 0 aliphatic rings. The summed E-state index contributed by atoms with van der Waals surface area (Å²) in [6.45, 7) is 2.07. The van der Waals surface area contributed by atoms with Crippen LogP contribution in [0.2, 0.25) is 0 Å². The molecule has 0 spiro atoms. The highest BCUT2D eigenvalue weighted by molar-refractivity contribution is 7.84. The third kappa shape index (κ3) is 3.66. The van der Waals surface area contributed by atoms with Gasteiger partial charge in [0.2, 0.25) is 5.95 Å². The zero-order valence-corrected chi connectivity index (χ0v) is 12.8. The van der Waals surface area contributed by atoms with E-state index >= 15 is 0 Å². The molecule has 1 aromatic carbocycles. The summed E-state index contributed by atoms with van der Waals surface area (Å²) in [5, 5.41) is 7.36. The molecule has 0 aliphatic heterocycles. The van der Waals surface area contributed by atoms with E-state index in [2.05, 4.69) is 27.5 Å². The first-order chi connectivity index (χ1) is 9.60. The molecule has 0 aliphatic carbocycles. The molecule has 2 N–H and O–H groups in total. The van der Waals surface area contributed by atoms with Crippen LogP contribution in [0.5, 0.6) is 0 Å². The third-order valence-corrected chi connectivity index (χ3v) is 3.86. The van der Waals surface area contributed by atoms with E-state index < -0.39 is 10.8 Å². The van der Waals surface area contributed by atoms with Gasteiger partial charge in [0, 0.05) is 41.3 Å². The molecule has 1 aromatic heterocycles. The summed E-state index contributed by atoms with van der Waals surface area (Å²) < 4.78 is 11.2. The molecule has 2 rings (SSSR count). The number of nitrogens with one attached hydrogen (secondary N) is 2. The smallest absolute Gasteiger partial charge is 0.224 e. The molecule has 1 heterocycles. The first kappa shape index (κ1) is 14.7. The number of rotatable bonds is 6. The monoisotopic (exact) mass is 292 g/mol. The molecule has 2 unspecified atom stereocenters. The summed E-state index contributed by atoms with van der Waals surface area (Å²) in [6, 6.07) is 8.11. The highest BCUT2D eigenvalue weighted by atomic mass is 32.2. The van der Waals surface area contributed by atoms with E-state index in [9.17, 15) is 4.21 Å². The SMILES string of the molecule is CNc1nc(NC(C)CCS(C)=O)c2ccccc2n1. The Balaban J connectivity index is 2.25. The van der Waals surface area contributed by atoms with Crippen molar-refractivity contribution in [3.8, 4) is 0 Å².